The van der Waals surface area contributed by atoms with Gasteiger partial charge in [0.05, 0.1) is 29.2 Å². The van der Waals surface area contributed by atoms with Crippen molar-refractivity contribution >= 4 is 40.1 Å². The van der Waals surface area contributed by atoms with Crippen molar-refractivity contribution in [3.8, 4) is 0 Å². The van der Waals surface area contributed by atoms with E-state index in [-0.39, 0.29) is 22.4 Å². The highest BCUT2D eigenvalue weighted by Gasteiger charge is 2.46. The largest absolute Gasteiger partial charge is 0.461 e. The van der Waals surface area contributed by atoms with Crippen LogP contribution in [0.4, 0.5) is 11.6 Å². The molecule has 1 saturated carbocycles. The molecule has 36 heavy (non-hydrogen) atoms. The van der Waals surface area contributed by atoms with Crippen LogP contribution in [-0.2, 0) is 11.8 Å². The van der Waals surface area contributed by atoms with Crippen LogP contribution in [0.25, 0.3) is 10.9 Å². The molecule has 2 fully saturated rings. The normalized spacial score (nSPS) is 19.3. The molecule has 0 amide bonds. The Bertz CT molecular complexity index is 1380. The minimum Gasteiger partial charge on any atom is -0.461 e. The monoisotopic (exact) mass is 509 g/mol. The molecule has 2 aromatic heterocycles. The zero-order chi connectivity index (χ0) is 25.6. The van der Waals surface area contributed by atoms with Crippen LogP contribution in [0.3, 0.4) is 0 Å². The van der Waals surface area contributed by atoms with E-state index in [4.69, 9.17) is 21.3 Å². The van der Waals surface area contributed by atoms with Gasteiger partial charge in [0.2, 0.25) is 5.95 Å². The van der Waals surface area contributed by atoms with Gasteiger partial charge in [0.25, 0.3) is 5.56 Å². The lowest BCUT2D eigenvalue weighted by Crippen LogP contribution is -2.31. The Morgan fingerprint density at radius 1 is 1.25 bits per heavy atom. The van der Waals surface area contributed by atoms with Crippen LogP contribution in [0.1, 0.15) is 60.8 Å². The molecule has 9 heteroatoms. The number of rotatable bonds is 8. The maximum Gasteiger partial charge on any atom is 0.359 e. The van der Waals surface area contributed by atoms with Crippen LogP contribution in [0.2, 0.25) is 5.15 Å². The number of esters is 1. The Hall–Kier alpha value is -3.13. The molecule has 0 bridgehead atoms. The average Bonchev–Trinajstić information content (AvgIpc) is 3.46. The number of halogens is 1. The van der Waals surface area contributed by atoms with Gasteiger partial charge in [-0.1, -0.05) is 31.0 Å². The van der Waals surface area contributed by atoms with Gasteiger partial charge in [-0.25, -0.2) is 14.8 Å². The van der Waals surface area contributed by atoms with Crippen LogP contribution < -0.4 is 15.8 Å². The molecular weight excluding hydrogens is 478 g/mol. The molecule has 1 aliphatic heterocycles. The topological polar surface area (TPSA) is 89.3 Å². The fourth-order valence-electron chi connectivity index (χ4n) is 5.11. The van der Waals surface area contributed by atoms with Crippen LogP contribution >= 0.6 is 11.6 Å². The number of unbranched alkanes of at least 4 members (excludes halogenated alkanes) is 1. The zero-order valence-corrected chi connectivity index (χ0v) is 21.9. The lowest BCUT2D eigenvalue weighted by molar-refractivity contribution is 0.0494. The maximum absolute atomic E-state index is 13.4. The van der Waals surface area contributed by atoms with E-state index in [0.29, 0.717) is 29.1 Å². The molecule has 1 saturated heterocycles. The Balaban J connectivity index is 1.51. The summed E-state index contributed by atoms with van der Waals surface area (Å²) in [7, 11) is 1.80. The molecule has 3 aromatic rings. The summed E-state index contributed by atoms with van der Waals surface area (Å²) in [6.45, 7) is 8.22. The molecule has 8 nitrogen and oxygen atoms in total. The number of fused-ring (bicyclic) bond motifs is 2. The molecule has 1 N–H and O–H groups in total. The van der Waals surface area contributed by atoms with E-state index < -0.39 is 5.97 Å². The summed E-state index contributed by atoms with van der Waals surface area (Å²) in [5.74, 6) is 1.65. The molecule has 3 heterocycles. The number of benzene rings is 1. The summed E-state index contributed by atoms with van der Waals surface area (Å²) in [6.07, 6.45) is 2.98. The van der Waals surface area contributed by atoms with Gasteiger partial charge in [0, 0.05) is 25.7 Å². The first kappa shape index (κ1) is 24.6. The zero-order valence-electron chi connectivity index (χ0n) is 21.2. The van der Waals surface area contributed by atoms with Crippen molar-refractivity contribution in [3.05, 3.63) is 56.6 Å². The van der Waals surface area contributed by atoms with Crippen molar-refractivity contribution in [1.29, 1.82) is 0 Å². The highest BCUT2D eigenvalue weighted by atomic mass is 35.5. The second-order valence-corrected chi connectivity index (χ2v) is 10.5. The van der Waals surface area contributed by atoms with Crippen molar-refractivity contribution in [2.75, 3.05) is 29.9 Å². The Morgan fingerprint density at radius 2 is 2.00 bits per heavy atom. The highest BCUT2D eigenvalue weighted by Crippen LogP contribution is 2.46. The van der Waals surface area contributed by atoms with Gasteiger partial charge < -0.3 is 15.0 Å². The van der Waals surface area contributed by atoms with Gasteiger partial charge in [0.1, 0.15) is 5.15 Å². The number of carbonyl (C=O) groups is 1. The predicted octanol–water partition coefficient (Wildman–Crippen LogP) is 4.88. The minimum absolute atomic E-state index is 0.0546. The quantitative estimate of drug-likeness (QED) is 0.263. The highest BCUT2D eigenvalue weighted by molar-refractivity contribution is 6.29. The average molecular weight is 510 g/mol. The van der Waals surface area contributed by atoms with E-state index in [1.54, 1.807) is 23.7 Å². The van der Waals surface area contributed by atoms with Crippen LogP contribution in [0.5, 0.6) is 0 Å². The number of carbonyl (C=O) groups excluding carboxylic acids is 1. The number of ether oxygens (including phenoxy) is 1. The van der Waals surface area contributed by atoms with E-state index in [1.807, 2.05) is 32.9 Å². The Morgan fingerprint density at radius 3 is 2.72 bits per heavy atom. The number of aromatic nitrogens is 3. The van der Waals surface area contributed by atoms with Crippen LogP contribution in [-0.4, -0.2) is 40.2 Å². The molecule has 3 unspecified atom stereocenters. The third kappa shape index (κ3) is 4.66. The number of anilines is 2. The number of nitrogens with one attached hydrogen (secondary N) is 1. The standard InChI is InChI=1S/C27H32ClN5O3/c1-5-6-9-36-26(35)24-21(7-8-22(28)30-24)29-16(3)19-10-15(2)11-20-23(19)31-27(32(4)25(20)34)33-13-17-12-18(17)14-33/h7-8,10-11,16-18,29H,5-6,9,12-14H2,1-4H3. The van der Waals surface area contributed by atoms with E-state index >= 15 is 0 Å². The summed E-state index contributed by atoms with van der Waals surface area (Å²) >= 11 is 6.10. The summed E-state index contributed by atoms with van der Waals surface area (Å²) in [4.78, 5) is 37.6. The Labute approximate surface area is 215 Å². The smallest absolute Gasteiger partial charge is 0.359 e. The minimum atomic E-state index is -0.517. The van der Waals surface area contributed by atoms with E-state index in [1.165, 1.54) is 6.42 Å². The maximum atomic E-state index is 13.4. The van der Waals surface area contributed by atoms with Gasteiger partial charge in [-0.15, -0.1) is 0 Å². The van der Waals surface area contributed by atoms with Gasteiger partial charge in [-0.05, 0) is 62.3 Å². The molecule has 5 rings (SSSR count). The van der Waals surface area contributed by atoms with Gasteiger partial charge >= 0.3 is 5.97 Å². The number of aryl methyl sites for hydroxylation is 1. The lowest BCUT2D eigenvalue weighted by Gasteiger charge is -2.24. The number of pyridine rings is 1. The van der Waals surface area contributed by atoms with Gasteiger partial charge in [-0.3, -0.25) is 9.36 Å². The predicted molar refractivity (Wildman–Crippen MR) is 142 cm³/mol. The fraction of sp³-hybridized carbons (Fsp3) is 0.481. The fourth-order valence-corrected chi connectivity index (χ4v) is 5.26. The van der Waals surface area contributed by atoms with E-state index in [0.717, 1.165) is 48.9 Å². The molecule has 1 aliphatic carbocycles. The van der Waals surface area contributed by atoms with Gasteiger partial charge in [-0.2, -0.15) is 0 Å². The molecule has 0 spiro atoms. The number of nitrogens with zero attached hydrogens (tertiary/aromatic N) is 4. The van der Waals surface area contributed by atoms with Crippen LogP contribution in [0, 0.1) is 18.8 Å². The number of hydrogen-bond donors (Lipinski definition) is 1. The van der Waals surface area contributed by atoms with E-state index in [2.05, 4.69) is 15.2 Å². The first-order valence-electron chi connectivity index (χ1n) is 12.6. The molecule has 3 atom stereocenters. The summed E-state index contributed by atoms with van der Waals surface area (Å²) in [5, 5.41) is 4.20. The first-order chi connectivity index (χ1) is 17.3. The third-order valence-electron chi connectivity index (χ3n) is 7.22. The van der Waals surface area contributed by atoms with Crippen LogP contribution in [0.15, 0.2) is 29.1 Å². The molecule has 2 aliphatic rings. The molecule has 190 valence electrons. The second-order valence-electron chi connectivity index (χ2n) is 10.1. The second kappa shape index (κ2) is 9.73. The number of hydrogen-bond acceptors (Lipinski definition) is 7. The van der Waals surface area contributed by atoms with Crippen molar-refractivity contribution in [2.45, 2.75) is 46.1 Å². The number of piperidine rings is 1. The summed E-state index contributed by atoms with van der Waals surface area (Å²) < 4.78 is 7.06. The first-order valence-corrected chi connectivity index (χ1v) is 13.0. The summed E-state index contributed by atoms with van der Waals surface area (Å²) in [5.41, 5.74) is 3.13. The van der Waals surface area contributed by atoms with Crippen molar-refractivity contribution < 1.29 is 9.53 Å². The summed E-state index contributed by atoms with van der Waals surface area (Å²) in [6, 6.07) is 7.04. The molecular formula is C27H32ClN5O3. The van der Waals surface area contributed by atoms with Crippen molar-refractivity contribution in [2.24, 2.45) is 18.9 Å². The SMILES string of the molecule is CCCCOC(=O)c1nc(Cl)ccc1NC(C)c1cc(C)cc2c(=O)n(C)c(N3CC4CC4C3)nc12. The van der Waals surface area contributed by atoms with Crippen molar-refractivity contribution in [1.82, 2.24) is 14.5 Å². The lowest BCUT2D eigenvalue weighted by atomic mass is 10.0. The van der Waals surface area contributed by atoms with Gasteiger partial charge in [0.15, 0.2) is 5.69 Å². The molecule has 0 radical (unpaired) electrons. The Kier molecular flexibility index (Phi) is 6.64. The van der Waals surface area contributed by atoms with Crippen molar-refractivity contribution in [3.63, 3.8) is 0 Å². The third-order valence-corrected chi connectivity index (χ3v) is 7.43. The van der Waals surface area contributed by atoms with E-state index in [9.17, 15) is 9.59 Å². The molecule has 1 aromatic carbocycles.